The van der Waals surface area contributed by atoms with Crippen LogP contribution in [0.1, 0.15) is 5.82 Å². The lowest BCUT2D eigenvalue weighted by Crippen LogP contribution is -2.37. The van der Waals surface area contributed by atoms with Crippen molar-refractivity contribution in [3.63, 3.8) is 0 Å². The van der Waals surface area contributed by atoms with Crippen LogP contribution in [0, 0.1) is 5.82 Å². The SMILES string of the molecule is Fc1cnc(NCCc2ncc[nH]2)nc1N1CCOCC1. The Morgan fingerprint density at radius 3 is 2.95 bits per heavy atom. The molecule has 8 heteroatoms. The predicted octanol–water partition coefficient (Wildman–Crippen LogP) is 0.830. The van der Waals surface area contributed by atoms with Crippen molar-refractivity contribution in [3.05, 3.63) is 30.2 Å². The van der Waals surface area contributed by atoms with Crippen molar-refractivity contribution in [3.8, 4) is 0 Å². The number of hydrogen-bond acceptors (Lipinski definition) is 6. The van der Waals surface area contributed by atoms with Gasteiger partial charge in [-0.2, -0.15) is 4.98 Å². The summed E-state index contributed by atoms with van der Waals surface area (Å²) in [4.78, 5) is 17.3. The molecule has 3 rings (SSSR count). The van der Waals surface area contributed by atoms with Gasteiger partial charge in [-0.1, -0.05) is 0 Å². The molecule has 0 saturated carbocycles. The smallest absolute Gasteiger partial charge is 0.224 e. The van der Waals surface area contributed by atoms with Crippen LogP contribution < -0.4 is 10.2 Å². The van der Waals surface area contributed by atoms with E-state index >= 15 is 0 Å². The van der Waals surface area contributed by atoms with Gasteiger partial charge in [0.05, 0.1) is 19.4 Å². The molecule has 112 valence electrons. The van der Waals surface area contributed by atoms with Gasteiger partial charge in [0.15, 0.2) is 11.6 Å². The molecule has 0 aromatic carbocycles. The second kappa shape index (κ2) is 6.49. The molecule has 1 fully saturated rings. The number of H-pyrrole nitrogens is 1. The zero-order chi connectivity index (χ0) is 14.5. The van der Waals surface area contributed by atoms with Crippen LogP contribution >= 0.6 is 0 Å². The molecule has 2 aromatic heterocycles. The Morgan fingerprint density at radius 2 is 2.19 bits per heavy atom. The van der Waals surface area contributed by atoms with Crippen molar-refractivity contribution in [1.29, 1.82) is 0 Å². The maximum absolute atomic E-state index is 13.8. The average molecular weight is 292 g/mol. The molecule has 1 saturated heterocycles. The largest absolute Gasteiger partial charge is 0.378 e. The predicted molar refractivity (Wildman–Crippen MR) is 75.8 cm³/mol. The summed E-state index contributed by atoms with van der Waals surface area (Å²) in [5, 5.41) is 3.08. The van der Waals surface area contributed by atoms with Crippen LogP contribution in [0.4, 0.5) is 16.2 Å². The fraction of sp³-hybridized carbons (Fsp3) is 0.462. The van der Waals surface area contributed by atoms with Crippen LogP contribution in [0.25, 0.3) is 0 Å². The van der Waals surface area contributed by atoms with Crippen LogP contribution in [0.5, 0.6) is 0 Å². The summed E-state index contributed by atoms with van der Waals surface area (Å²) in [6.07, 6.45) is 5.41. The molecule has 7 nitrogen and oxygen atoms in total. The molecule has 0 unspecified atom stereocenters. The van der Waals surface area contributed by atoms with Crippen molar-refractivity contribution in [2.75, 3.05) is 43.1 Å². The summed E-state index contributed by atoms with van der Waals surface area (Å²) in [6, 6.07) is 0. The fourth-order valence-electron chi connectivity index (χ4n) is 2.17. The van der Waals surface area contributed by atoms with Crippen molar-refractivity contribution in [1.82, 2.24) is 19.9 Å². The Kier molecular flexibility index (Phi) is 4.25. The second-order valence-corrected chi connectivity index (χ2v) is 4.68. The minimum Gasteiger partial charge on any atom is -0.378 e. The first-order valence-corrected chi connectivity index (χ1v) is 6.90. The molecule has 2 aromatic rings. The summed E-state index contributed by atoms with van der Waals surface area (Å²) in [7, 11) is 0. The van der Waals surface area contributed by atoms with Crippen molar-refractivity contribution in [2.24, 2.45) is 0 Å². The maximum Gasteiger partial charge on any atom is 0.224 e. The lowest BCUT2D eigenvalue weighted by molar-refractivity contribution is 0.122. The molecule has 1 aliphatic rings. The Balaban J connectivity index is 1.62. The zero-order valence-corrected chi connectivity index (χ0v) is 11.5. The number of ether oxygens (including phenoxy) is 1. The number of morpholine rings is 1. The third-order valence-electron chi connectivity index (χ3n) is 3.24. The number of hydrogen-bond donors (Lipinski definition) is 2. The van der Waals surface area contributed by atoms with E-state index in [-0.39, 0.29) is 0 Å². The normalized spacial score (nSPS) is 15.2. The number of rotatable bonds is 5. The lowest BCUT2D eigenvalue weighted by Gasteiger charge is -2.28. The van der Waals surface area contributed by atoms with E-state index in [1.165, 1.54) is 6.20 Å². The van der Waals surface area contributed by atoms with Gasteiger partial charge < -0.3 is 19.9 Å². The minimum absolute atomic E-state index is 0.328. The molecule has 21 heavy (non-hydrogen) atoms. The summed E-state index contributed by atoms with van der Waals surface area (Å²) in [5.41, 5.74) is 0. The number of halogens is 1. The molecule has 0 bridgehead atoms. The highest BCUT2D eigenvalue weighted by Crippen LogP contribution is 2.18. The van der Waals surface area contributed by atoms with Gasteiger partial charge in [0.2, 0.25) is 5.95 Å². The first-order chi connectivity index (χ1) is 10.3. The topological polar surface area (TPSA) is 79.0 Å². The average Bonchev–Trinajstić information content (AvgIpc) is 3.03. The van der Waals surface area contributed by atoms with E-state index in [1.54, 1.807) is 12.4 Å². The van der Waals surface area contributed by atoms with Gasteiger partial charge in [0.25, 0.3) is 0 Å². The van der Waals surface area contributed by atoms with Crippen LogP contribution in [-0.4, -0.2) is 52.8 Å². The number of aromatic amines is 1. The zero-order valence-electron chi connectivity index (χ0n) is 11.5. The molecular weight excluding hydrogens is 275 g/mol. The molecule has 0 amide bonds. The molecule has 0 radical (unpaired) electrons. The summed E-state index contributed by atoms with van der Waals surface area (Å²) in [5.74, 6) is 1.23. The Morgan fingerprint density at radius 1 is 1.33 bits per heavy atom. The van der Waals surface area contributed by atoms with E-state index in [4.69, 9.17) is 4.74 Å². The Hall–Kier alpha value is -2.22. The molecule has 2 N–H and O–H groups in total. The third-order valence-corrected chi connectivity index (χ3v) is 3.24. The first kappa shape index (κ1) is 13.7. The van der Waals surface area contributed by atoms with E-state index in [9.17, 15) is 4.39 Å². The van der Waals surface area contributed by atoms with Gasteiger partial charge >= 0.3 is 0 Å². The van der Waals surface area contributed by atoms with Gasteiger partial charge in [-0.05, 0) is 0 Å². The fourth-order valence-corrected chi connectivity index (χ4v) is 2.17. The Labute approximate surface area is 121 Å². The number of imidazole rings is 1. The quantitative estimate of drug-likeness (QED) is 0.850. The van der Waals surface area contributed by atoms with Crippen molar-refractivity contribution >= 4 is 11.8 Å². The highest BCUT2D eigenvalue weighted by atomic mass is 19.1. The molecule has 3 heterocycles. The van der Waals surface area contributed by atoms with Gasteiger partial charge in [-0.25, -0.2) is 14.4 Å². The lowest BCUT2D eigenvalue weighted by atomic mass is 10.4. The van der Waals surface area contributed by atoms with E-state index in [2.05, 4.69) is 25.3 Å². The van der Waals surface area contributed by atoms with Crippen molar-refractivity contribution < 1.29 is 9.13 Å². The van der Waals surface area contributed by atoms with Crippen LogP contribution in [0.3, 0.4) is 0 Å². The van der Waals surface area contributed by atoms with Crippen LogP contribution in [-0.2, 0) is 11.2 Å². The van der Waals surface area contributed by atoms with Gasteiger partial charge in [-0.3, -0.25) is 0 Å². The van der Waals surface area contributed by atoms with E-state index in [0.29, 0.717) is 44.6 Å². The third kappa shape index (κ3) is 3.46. The number of nitrogens with one attached hydrogen (secondary N) is 2. The van der Waals surface area contributed by atoms with Crippen molar-refractivity contribution in [2.45, 2.75) is 6.42 Å². The van der Waals surface area contributed by atoms with Crippen LogP contribution in [0.2, 0.25) is 0 Å². The molecular formula is C13H17FN6O. The number of nitrogens with zero attached hydrogens (tertiary/aromatic N) is 4. The summed E-state index contributed by atoms with van der Waals surface area (Å²) < 4.78 is 19.1. The monoisotopic (exact) mass is 292 g/mol. The second-order valence-electron chi connectivity index (χ2n) is 4.68. The van der Waals surface area contributed by atoms with E-state index in [0.717, 1.165) is 12.2 Å². The van der Waals surface area contributed by atoms with Gasteiger partial charge in [0, 0.05) is 38.4 Å². The first-order valence-electron chi connectivity index (χ1n) is 6.90. The molecule has 0 aliphatic carbocycles. The van der Waals surface area contributed by atoms with Gasteiger partial charge in [-0.15, -0.1) is 0 Å². The van der Waals surface area contributed by atoms with Gasteiger partial charge in [0.1, 0.15) is 5.82 Å². The number of aromatic nitrogens is 4. The van der Waals surface area contributed by atoms with E-state index in [1.807, 2.05) is 4.90 Å². The number of anilines is 2. The Bertz CT molecular complexity index is 570. The molecule has 0 atom stereocenters. The minimum atomic E-state index is -0.409. The highest BCUT2D eigenvalue weighted by Gasteiger charge is 2.17. The van der Waals surface area contributed by atoms with E-state index < -0.39 is 5.82 Å². The summed E-state index contributed by atoms with van der Waals surface area (Å²) in [6.45, 7) is 3.08. The van der Waals surface area contributed by atoms with Crippen LogP contribution in [0.15, 0.2) is 18.6 Å². The molecule has 0 spiro atoms. The molecule has 1 aliphatic heterocycles. The highest BCUT2D eigenvalue weighted by molar-refractivity contribution is 5.44. The maximum atomic E-state index is 13.8. The summed E-state index contributed by atoms with van der Waals surface area (Å²) >= 11 is 0. The standard InChI is InChI=1S/C13H17FN6O/c14-10-9-18-13(17-2-1-11-15-3-4-16-11)19-12(10)20-5-7-21-8-6-20/h3-4,9H,1-2,5-8H2,(H,15,16)(H,17,18,19).